The molecule has 0 unspecified atom stereocenters. The van der Waals surface area contributed by atoms with E-state index in [1.54, 1.807) is 13.3 Å². The summed E-state index contributed by atoms with van der Waals surface area (Å²) in [5.41, 5.74) is 9.76. The predicted octanol–water partition coefficient (Wildman–Crippen LogP) is 3.98. The fourth-order valence-corrected chi connectivity index (χ4v) is 2.65. The molecule has 5 heteroatoms. The number of methoxy groups -OCH3 is 1. The van der Waals surface area contributed by atoms with Gasteiger partial charge in [-0.2, -0.15) is 0 Å². The molecule has 0 aliphatic heterocycles. The first-order chi connectivity index (χ1) is 11.2. The largest absolute Gasteiger partial charge is 0.481 e. The molecule has 0 saturated heterocycles. The van der Waals surface area contributed by atoms with Crippen molar-refractivity contribution in [3.05, 3.63) is 71.0 Å². The van der Waals surface area contributed by atoms with Crippen LogP contribution in [0, 0.1) is 0 Å². The van der Waals surface area contributed by atoms with Crippen molar-refractivity contribution in [3.8, 4) is 17.0 Å². The van der Waals surface area contributed by atoms with Crippen LogP contribution >= 0.6 is 11.6 Å². The highest BCUT2D eigenvalue weighted by atomic mass is 35.5. The van der Waals surface area contributed by atoms with Crippen LogP contribution in [0.3, 0.4) is 0 Å². The number of nitrogen functional groups attached to an aromatic ring is 1. The molecule has 0 aliphatic carbocycles. The Morgan fingerprint density at radius 1 is 1.09 bits per heavy atom. The number of ether oxygens (including phenoxy) is 1. The number of hydrogen-bond donors (Lipinski definition) is 1. The molecule has 0 bridgehead atoms. The molecule has 0 fully saturated rings. The van der Waals surface area contributed by atoms with Crippen LogP contribution in [0.1, 0.15) is 11.1 Å². The molecule has 3 aromatic rings. The first-order valence-corrected chi connectivity index (χ1v) is 7.53. The van der Waals surface area contributed by atoms with Crippen molar-refractivity contribution in [2.45, 2.75) is 6.42 Å². The van der Waals surface area contributed by atoms with Crippen molar-refractivity contribution in [2.24, 2.45) is 0 Å². The maximum atomic E-state index is 6.10. The standard InChI is InChI=1S/C18H16ClN3O/c1-23-18-16(14-3-2-4-15(19)10-14)8-13(11-22-18)7-12-5-6-21-17(20)9-12/h2-6,8-11H,7H2,1H3,(H2,20,21). The van der Waals surface area contributed by atoms with E-state index in [1.165, 1.54) is 0 Å². The lowest BCUT2D eigenvalue weighted by atomic mass is 10.0. The number of nitrogens with zero attached hydrogens (tertiary/aromatic N) is 2. The number of rotatable bonds is 4. The molecular weight excluding hydrogens is 310 g/mol. The van der Waals surface area contributed by atoms with Gasteiger partial charge in [0.05, 0.1) is 7.11 Å². The Morgan fingerprint density at radius 3 is 2.70 bits per heavy atom. The zero-order chi connectivity index (χ0) is 16.2. The molecule has 0 radical (unpaired) electrons. The van der Waals surface area contributed by atoms with E-state index in [-0.39, 0.29) is 0 Å². The van der Waals surface area contributed by atoms with Crippen molar-refractivity contribution in [2.75, 3.05) is 12.8 Å². The Labute approximate surface area is 139 Å². The van der Waals surface area contributed by atoms with Crippen molar-refractivity contribution in [1.29, 1.82) is 0 Å². The SMILES string of the molecule is COc1ncc(Cc2ccnc(N)c2)cc1-c1cccc(Cl)c1. The molecule has 2 N–H and O–H groups in total. The summed E-state index contributed by atoms with van der Waals surface area (Å²) < 4.78 is 5.38. The fourth-order valence-electron chi connectivity index (χ4n) is 2.46. The molecule has 2 heterocycles. The summed E-state index contributed by atoms with van der Waals surface area (Å²) in [6, 6.07) is 13.5. The molecular formula is C18H16ClN3O. The van der Waals surface area contributed by atoms with Crippen molar-refractivity contribution >= 4 is 17.4 Å². The number of pyridine rings is 2. The molecule has 0 atom stereocenters. The topological polar surface area (TPSA) is 61.0 Å². The van der Waals surface area contributed by atoms with Gasteiger partial charge in [-0.05, 0) is 53.4 Å². The Hall–Kier alpha value is -2.59. The van der Waals surface area contributed by atoms with E-state index in [4.69, 9.17) is 22.1 Å². The minimum absolute atomic E-state index is 0.513. The van der Waals surface area contributed by atoms with Crippen LogP contribution in [0.5, 0.6) is 5.88 Å². The smallest absolute Gasteiger partial charge is 0.221 e. The second kappa shape index (κ2) is 6.67. The Balaban J connectivity index is 1.99. The Morgan fingerprint density at radius 2 is 1.96 bits per heavy atom. The molecule has 116 valence electrons. The first kappa shape index (κ1) is 15.3. The summed E-state index contributed by atoms with van der Waals surface area (Å²) >= 11 is 6.10. The van der Waals surface area contributed by atoms with Crippen LogP contribution in [0.2, 0.25) is 5.02 Å². The molecule has 0 spiro atoms. The molecule has 23 heavy (non-hydrogen) atoms. The second-order valence-corrected chi connectivity index (χ2v) is 5.61. The third-order valence-corrected chi connectivity index (χ3v) is 3.73. The van der Waals surface area contributed by atoms with Gasteiger partial charge in [0.15, 0.2) is 0 Å². The summed E-state index contributed by atoms with van der Waals surface area (Å²) in [5.74, 6) is 1.09. The maximum absolute atomic E-state index is 6.10. The van der Waals surface area contributed by atoms with E-state index in [9.17, 15) is 0 Å². The summed E-state index contributed by atoms with van der Waals surface area (Å²) in [4.78, 5) is 8.42. The average Bonchev–Trinajstić information content (AvgIpc) is 2.55. The number of nitrogens with two attached hydrogens (primary N) is 1. The summed E-state index contributed by atoms with van der Waals surface area (Å²) in [7, 11) is 1.61. The molecule has 1 aromatic carbocycles. The third-order valence-electron chi connectivity index (χ3n) is 3.49. The lowest BCUT2D eigenvalue weighted by molar-refractivity contribution is 0.399. The van der Waals surface area contributed by atoms with Gasteiger partial charge in [0.1, 0.15) is 5.82 Å². The third kappa shape index (κ3) is 3.60. The van der Waals surface area contributed by atoms with Crippen LogP contribution in [0.4, 0.5) is 5.82 Å². The van der Waals surface area contributed by atoms with E-state index in [0.29, 0.717) is 16.7 Å². The quantitative estimate of drug-likeness (QED) is 0.788. The molecule has 3 rings (SSSR count). The van der Waals surface area contributed by atoms with Gasteiger partial charge in [-0.15, -0.1) is 0 Å². The van der Waals surface area contributed by atoms with Crippen LogP contribution < -0.4 is 10.5 Å². The van der Waals surface area contributed by atoms with Gasteiger partial charge in [0.2, 0.25) is 5.88 Å². The van der Waals surface area contributed by atoms with Gasteiger partial charge in [0.25, 0.3) is 0 Å². The van der Waals surface area contributed by atoms with E-state index >= 15 is 0 Å². The Kier molecular flexibility index (Phi) is 4.44. The number of aromatic nitrogens is 2. The van der Waals surface area contributed by atoms with Gasteiger partial charge >= 0.3 is 0 Å². The lowest BCUT2D eigenvalue weighted by Gasteiger charge is -2.10. The van der Waals surface area contributed by atoms with Crippen molar-refractivity contribution < 1.29 is 4.74 Å². The molecule has 4 nitrogen and oxygen atoms in total. The van der Waals surface area contributed by atoms with Gasteiger partial charge in [-0.25, -0.2) is 9.97 Å². The van der Waals surface area contributed by atoms with Gasteiger partial charge in [0, 0.05) is 23.0 Å². The summed E-state index contributed by atoms with van der Waals surface area (Å²) in [6.07, 6.45) is 4.24. The highest BCUT2D eigenvalue weighted by molar-refractivity contribution is 6.30. The lowest BCUT2D eigenvalue weighted by Crippen LogP contribution is -1.97. The fraction of sp³-hybridized carbons (Fsp3) is 0.111. The predicted molar refractivity (Wildman–Crippen MR) is 92.7 cm³/mol. The van der Waals surface area contributed by atoms with Gasteiger partial charge < -0.3 is 10.5 Å². The van der Waals surface area contributed by atoms with Gasteiger partial charge in [-0.3, -0.25) is 0 Å². The van der Waals surface area contributed by atoms with Crippen LogP contribution in [-0.4, -0.2) is 17.1 Å². The van der Waals surface area contributed by atoms with Crippen molar-refractivity contribution in [1.82, 2.24) is 9.97 Å². The average molecular weight is 326 g/mol. The van der Waals surface area contributed by atoms with Gasteiger partial charge in [-0.1, -0.05) is 23.7 Å². The van der Waals surface area contributed by atoms with Crippen LogP contribution in [0.15, 0.2) is 54.9 Å². The van der Waals surface area contributed by atoms with Crippen LogP contribution in [0.25, 0.3) is 11.1 Å². The maximum Gasteiger partial charge on any atom is 0.221 e. The molecule has 0 aliphatic rings. The zero-order valence-electron chi connectivity index (χ0n) is 12.7. The molecule has 2 aromatic heterocycles. The summed E-state index contributed by atoms with van der Waals surface area (Å²) in [6.45, 7) is 0. The normalized spacial score (nSPS) is 10.5. The van der Waals surface area contributed by atoms with E-state index < -0.39 is 0 Å². The molecule has 0 amide bonds. The highest BCUT2D eigenvalue weighted by Crippen LogP contribution is 2.31. The second-order valence-electron chi connectivity index (χ2n) is 5.18. The van der Waals surface area contributed by atoms with E-state index in [2.05, 4.69) is 16.0 Å². The van der Waals surface area contributed by atoms with E-state index in [1.807, 2.05) is 42.6 Å². The zero-order valence-corrected chi connectivity index (χ0v) is 13.4. The number of hydrogen-bond acceptors (Lipinski definition) is 4. The monoisotopic (exact) mass is 325 g/mol. The number of benzene rings is 1. The van der Waals surface area contributed by atoms with Crippen molar-refractivity contribution in [3.63, 3.8) is 0 Å². The minimum Gasteiger partial charge on any atom is -0.481 e. The molecule has 0 saturated carbocycles. The minimum atomic E-state index is 0.513. The first-order valence-electron chi connectivity index (χ1n) is 7.15. The Bertz CT molecular complexity index is 836. The number of anilines is 1. The van der Waals surface area contributed by atoms with E-state index in [0.717, 1.165) is 28.7 Å². The number of halogens is 1. The summed E-state index contributed by atoms with van der Waals surface area (Å²) in [5, 5.41) is 0.678. The van der Waals surface area contributed by atoms with Crippen LogP contribution in [-0.2, 0) is 6.42 Å². The highest BCUT2D eigenvalue weighted by Gasteiger charge is 2.10.